The van der Waals surface area contributed by atoms with E-state index < -0.39 is 11.6 Å². The molecule has 1 aromatic carbocycles. The molecule has 1 saturated heterocycles. The van der Waals surface area contributed by atoms with E-state index >= 15 is 0 Å². The van der Waals surface area contributed by atoms with Gasteiger partial charge in [-0.1, -0.05) is 0 Å². The molecule has 1 saturated carbocycles. The normalized spacial score (nSPS) is 20.7. The maximum atomic E-state index is 13.1. The third-order valence-corrected chi connectivity index (χ3v) is 4.29. The molecule has 2 aliphatic rings. The minimum absolute atomic E-state index is 0.149. The summed E-state index contributed by atoms with van der Waals surface area (Å²) in [5.41, 5.74) is 0.245. The van der Waals surface area contributed by atoms with Crippen molar-refractivity contribution in [2.45, 2.75) is 12.8 Å². The van der Waals surface area contributed by atoms with Crippen molar-refractivity contribution in [3.63, 3.8) is 0 Å². The number of Topliss-reactive ketones (excluding diaryl/α,β-unsaturated/α-hetero) is 1. The second-order valence-corrected chi connectivity index (χ2v) is 6.07. The molecule has 114 valence electrons. The van der Waals surface area contributed by atoms with E-state index in [1.165, 1.54) is 25.5 Å². The highest BCUT2D eigenvalue weighted by Crippen LogP contribution is 2.29. The van der Waals surface area contributed by atoms with Crippen molar-refractivity contribution in [3.05, 3.63) is 35.4 Å². The van der Waals surface area contributed by atoms with Crippen LogP contribution in [0.5, 0.6) is 0 Å². The van der Waals surface area contributed by atoms with Crippen LogP contribution in [0.15, 0.2) is 18.2 Å². The van der Waals surface area contributed by atoms with Gasteiger partial charge in [-0.3, -0.25) is 9.69 Å². The third-order valence-electron chi connectivity index (χ3n) is 4.29. The second kappa shape index (κ2) is 6.20. The Balaban J connectivity index is 1.49. The Morgan fingerprint density at radius 2 is 1.71 bits per heavy atom. The zero-order chi connectivity index (χ0) is 14.8. The molecule has 21 heavy (non-hydrogen) atoms. The maximum Gasteiger partial charge on any atom is 0.176 e. The summed E-state index contributed by atoms with van der Waals surface area (Å²) in [6.45, 7) is 5.17. The monoisotopic (exact) mass is 294 g/mol. The van der Waals surface area contributed by atoms with E-state index in [0.717, 1.165) is 44.2 Å². The zero-order valence-electron chi connectivity index (χ0n) is 12.0. The quantitative estimate of drug-likeness (QED) is 0.778. The summed E-state index contributed by atoms with van der Waals surface area (Å²) in [7, 11) is 0. The minimum Gasteiger partial charge on any atom is -0.301 e. The number of rotatable bonds is 5. The lowest BCUT2D eigenvalue weighted by Gasteiger charge is -2.34. The van der Waals surface area contributed by atoms with Crippen molar-refractivity contribution in [1.29, 1.82) is 0 Å². The van der Waals surface area contributed by atoms with Crippen LogP contribution in [-0.4, -0.2) is 54.9 Å². The first-order valence-electron chi connectivity index (χ1n) is 7.55. The van der Waals surface area contributed by atoms with Crippen LogP contribution in [0.2, 0.25) is 0 Å². The van der Waals surface area contributed by atoms with E-state index in [1.807, 2.05) is 0 Å². The molecule has 3 rings (SSSR count). The molecule has 5 heteroatoms. The van der Waals surface area contributed by atoms with Crippen molar-refractivity contribution in [3.8, 4) is 0 Å². The molecular weight excluding hydrogens is 274 g/mol. The van der Waals surface area contributed by atoms with Gasteiger partial charge in [0.15, 0.2) is 17.4 Å². The topological polar surface area (TPSA) is 23.6 Å². The molecule has 0 spiro atoms. The molecule has 0 aromatic heterocycles. The number of nitrogens with zero attached hydrogens (tertiary/aromatic N) is 2. The van der Waals surface area contributed by atoms with Gasteiger partial charge >= 0.3 is 0 Å². The van der Waals surface area contributed by atoms with Gasteiger partial charge < -0.3 is 4.90 Å². The number of ketones is 1. The zero-order valence-corrected chi connectivity index (χ0v) is 12.0. The van der Waals surface area contributed by atoms with Crippen molar-refractivity contribution < 1.29 is 13.6 Å². The molecule has 2 fully saturated rings. The summed E-state index contributed by atoms with van der Waals surface area (Å²) in [6.07, 6.45) is 2.71. The Morgan fingerprint density at radius 3 is 2.33 bits per heavy atom. The van der Waals surface area contributed by atoms with Crippen LogP contribution in [-0.2, 0) is 0 Å². The van der Waals surface area contributed by atoms with Crippen molar-refractivity contribution in [2.75, 3.05) is 39.3 Å². The first-order valence-corrected chi connectivity index (χ1v) is 7.55. The lowest BCUT2D eigenvalue weighted by molar-refractivity contribution is 0.0846. The molecule has 0 radical (unpaired) electrons. The summed E-state index contributed by atoms with van der Waals surface area (Å²) in [5, 5.41) is 0. The summed E-state index contributed by atoms with van der Waals surface area (Å²) in [5.74, 6) is -1.14. The number of benzene rings is 1. The molecule has 0 atom stereocenters. The Morgan fingerprint density at radius 1 is 1.05 bits per heavy atom. The molecule has 0 N–H and O–H groups in total. The van der Waals surface area contributed by atoms with E-state index in [9.17, 15) is 13.6 Å². The molecule has 0 unspecified atom stereocenters. The highest BCUT2D eigenvalue weighted by Gasteiger charge is 2.26. The molecule has 3 nitrogen and oxygen atoms in total. The summed E-state index contributed by atoms with van der Waals surface area (Å²) < 4.78 is 26.0. The van der Waals surface area contributed by atoms with Crippen LogP contribution >= 0.6 is 0 Å². The van der Waals surface area contributed by atoms with E-state index in [-0.39, 0.29) is 17.9 Å². The van der Waals surface area contributed by atoms with Gasteiger partial charge in [0.25, 0.3) is 0 Å². The highest BCUT2D eigenvalue weighted by atomic mass is 19.2. The average Bonchev–Trinajstić information content (AvgIpc) is 3.28. The fourth-order valence-corrected chi connectivity index (χ4v) is 2.76. The fraction of sp³-hybridized carbons (Fsp3) is 0.562. The van der Waals surface area contributed by atoms with Crippen LogP contribution < -0.4 is 0 Å². The van der Waals surface area contributed by atoms with E-state index in [4.69, 9.17) is 0 Å². The van der Waals surface area contributed by atoms with E-state index in [0.29, 0.717) is 0 Å². The predicted octanol–water partition coefficient (Wildman–Crippen LogP) is 2.18. The molecule has 1 aromatic rings. The average molecular weight is 294 g/mol. The molecule has 1 heterocycles. The molecule has 1 aliphatic heterocycles. The molecule has 1 aliphatic carbocycles. The Kier molecular flexibility index (Phi) is 4.31. The standard InChI is InChI=1S/C16H20F2N2O/c17-14-4-3-13(9-15(14)18)16(21)11-20-7-5-19(6-8-20)10-12-1-2-12/h3-4,9,12H,1-2,5-8,10-11H2. The van der Waals surface area contributed by atoms with Crippen LogP contribution in [0.1, 0.15) is 23.2 Å². The lowest BCUT2D eigenvalue weighted by atomic mass is 10.1. The number of halogens is 2. The first-order chi connectivity index (χ1) is 10.1. The minimum atomic E-state index is -0.963. The summed E-state index contributed by atoms with van der Waals surface area (Å²) in [6, 6.07) is 3.35. The van der Waals surface area contributed by atoms with Crippen LogP contribution in [0, 0.1) is 17.6 Å². The van der Waals surface area contributed by atoms with Crippen LogP contribution in [0.25, 0.3) is 0 Å². The first kappa shape index (κ1) is 14.6. The van der Waals surface area contributed by atoms with Gasteiger partial charge in [0.05, 0.1) is 6.54 Å². The Bertz CT molecular complexity index is 523. The van der Waals surface area contributed by atoms with Gasteiger partial charge in [0.1, 0.15) is 0 Å². The number of carbonyl (C=O) groups is 1. The Hall–Kier alpha value is -1.33. The van der Waals surface area contributed by atoms with Crippen LogP contribution in [0.3, 0.4) is 0 Å². The molecule has 0 bridgehead atoms. The Labute approximate surface area is 123 Å². The maximum absolute atomic E-state index is 13.1. The summed E-state index contributed by atoms with van der Waals surface area (Å²) in [4.78, 5) is 16.6. The van der Waals surface area contributed by atoms with Gasteiger partial charge in [0.2, 0.25) is 0 Å². The SMILES string of the molecule is O=C(CN1CCN(CC2CC2)CC1)c1ccc(F)c(F)c1. The van der Waals surface area contributed by atoms with Gasteiger partial charge in [-0.2, -0.15) is 0 Å². The smallest absolute Gasteiger partial charge is 0.176 e. The van der Waals surface area contributed by atoms with Gasteiger partial charge in [-0.15, -0.1) is 0 Å². The van der Waals surface area contributed by atoms with Crippen molar-refractivity contribution in [2.24, 2.45) is 5.92 Å². The summed E-state index contributed by atoms with van der Waals surface area (Å²) >= 11 is 0. The fourth-order valence-electron chi connectivity index (χ4n) is 2.76. The van der Waals surface area contributed by atoms with Gasteiger partial charge in [-0.05, 0) is 37.0 Å². The highest BCUT2D eigenvalue weighted by molar-refractivity contribution is 5.97. The molecule has 0 amide bonds. The second-order valence-electron chi connectivity index (χ2n) is 6.07. The van der Waals surface area contributed by atoms with E-state index in [2.05, 4.69) is 9.80 Å². The largest absolute Gasteiger partial charge is 0.301 e. The van der Waals surface area contributed by atoms with E-state index in [1.54, 1.807) is 0 Å². The number of piperazine rings is 1. The van der Waals surface area contributed by atoms with Crippen molar-refractivity contribution in [1.82, 2.24) is 9.80 Å². The number of hydrogen-bond acceptors (Lipinski definition) is 3. The molecular formula is C16H20F2N2O. The van der Waals surface area contributed by atoms with Gasteiger partial charge in [0, 0.05) is 38.3 Å². The number of carbonyl (C=O) groups excluding carboxylic acids is 1. The van der Waals surface area contributed by atoms with Crippen molar-refractivity contribution >= 4 is 5.78 Å². The van der Waals surface area contributed by atoms with Crippen LogP contribution in [0.4, 0.5) is 8.78 Å². The lowest BCUT2D eigenvalue weighted by Crippen LogP contribution is -2.48. The van der Waals surface area contributed by atoms with Gasteiger partial charge in [-0.25, -0.2) is 8.78 Å². The predicted molar refractivity (Wildman–Crippen MR) is 76.3 cm³/mol. The number of hydrogen-bond donors (Lipinski definition) is 0. The third kappa shape index (κ3) is 3.86.